The molecule has 3 heterocycles. The highest BCUT2D eigenvalue weighted by Gasteiger charge is 2.49. The number of ether oxygens (including phenoxy) is 1. The predicted molar refractivity (Wildman–Crippen MR) is 101 cm³/mol. The van der Waals surface area contributed by atoms with Crippen LogP contribution in [0.2, 0.25) is 0 Å². The van der Waals surface area contributed by atoms with E-state index in [4.69, 9.17) is 4.74 Å². The third-order valence-electron chi connectivity index (χ3n) is 5.04. The van der Waals surface area contributed by atoms with Crippen LogP contribution in [-0.4, -0.2) is 38.5 Å². The lowest BCUT2D eigenvalue weighted by Gasteiger charge is -2.25. The van der Waals surface area contributed by atoms with Gasteiger partial charge in [-0.2, -0.15) is 5.10 Å². The number of hydrogen-bond acceptors (Lipinski definition) is 5. The van der Waals surface area contributed by atoms with E-state index >= 15 is 0 Å². The minimum absolute atomic E-state index is 0.0111. The number of benzene rings is 1. The van der Waals surface area contributed by atoms with E-state index in [-0.39, 0.29) is 18.5 Å². The van der Waals surface area contributed by atoms with Crippen LogP contribution in [0, 0.1) is 0 Å². The van der Waals surface area contributed by atoms with E-state index in [0.717, 1.165) is 5.39 Å². The summed E-state index contributed by atoms with van der Waals surface area (Å²) in [5, 5.41) is 21.4. The van der Waals surface area contributed by atoms with E-state index < -0.39 is 17.5 Å². The van der Waals surface area contributed by atoms with Crippen molar-refractivity contribution in [2.24, 2.45) is 0 Å². The van der Waals surface area contributed by atoms with E-state index in [9.17, 15) is 14.7 Å². The van der Waals surface area contributed by atoms with Crippen LogP contribution in [0.3, 0.4) is 0 Å². The second-order valence-corrected chi connectivity index (χ2v) is 7.15. The van der Waals surface area contributed by atoms with E-state index in [0.29, 0.717) is 16.7 Å². The number of fused-ring (bicyclic) bond motifs is 1. The molecule has 3 aromatic rings. The van der Waals surface area contributed by atoms with Crippen molar-refractivity contribution in [2.45, 2.75) is 32.0 Å². The zero-order valence-electron chi connectivity index (χ0n) is 15.8. The van der Waals surface area contributed by atoms with Crippen LogP contribution in [0.5, 0.6) is 11.6 Å². The fourth-order valence-electron chi connectivity index (χ4n) is 3.47. The molecule has 0 bridgehead atoms. The summed E-state index contributed by atoms with van der Waals surface area (Å²) in [6.07, 6.45) is 5.03. The Bertz CT molecular complexity index is 1080. The van der Waals surface area contributed by atoms with Crippen LogP contribution in [0.15, 0.2) is 36.8 Å². The van der Waals surface area contributed by atoms with Crippen LogP contribution in [0.1, 0.15) is 25.5 Å². The van der Waals surface area contributed by atoms with Crippen molar-refractivity contribution in [1.82, 2.24) is 25.0 Å². The number of nitrogens with one attached hydrogen (secondary N) is 2. The Hall–Kier alpha value is -3.49. The Morgan fingerprint density at radius 2 is 2.07 bits per heavy atom. The fourth-order valence-corrected chi connectivity index (χ4v) is 3.47. The van der Waals surface area contributed by atoms with Crippen LogP contribution in [0.25, 0.3) is 10.8 Å². The summed E-state index contributed by atoms with van der Waals surface area (Å²) in [4.78, 5) is 24.7. The molecule has 28 heavy (non-hydrogen) atoms. The number of nitrogens with zero attached hydrogens (tertiary/aromatic N) is 3. The number of carbonyl (C=O) groups is 2. The molecule has 1 fully saturated rings. The number of rotatable bonds is 5. The predicted octanol–water partition coefficient (Wildman–Crippen LogP) is 1.87. The molecule has 0 aliphatic carbocycles. The largest absolute Gasteiger partial charge is 0.497 e. The second kappa shape index (κ2) is 6.29. The molecule has 1 atom stereocenters. The molecule has 2 aromatic heterocycles. The van der Waals surface area contributed by atoms with Gasteiger partial charge in [-0.1, -0.05) is 0 Å². The fraction of sp³-hybridized carbons (Fsp3) is 0.316. The van der Waals surface area contributed by atoms with Crippen LogP contribution in [0.4, 0.5) is 4.79 Å². The monoisotopic (exact) mass is 383 g/mol. The molecule has 0 saturated carbocycles. The molecule has 146 valence electrons. The molecule has 0 spiro atoms. The summed E-state index contributed by atoms with van der Waals surface area (Å²) >= 11 is 0. The minimum Gasteiger partial charge on any atom is -0.497 e. The number of aromatic nitrogens is 3. The van der Waals surface area contributed by atoms with Gasteiger partial charge in [0.05, 0.1) is 19.9 Å². The number of amides is 3. The first-order valence-corrected chi connectivity index (χ1v) is 8.88. The number of aromatic hydroxyl groups is 1. The quantitative estimate of drug-likeness (QED) is 0.583. The van der Waals surface area contributed by atoms with Gasteiger partial charge < -0.3 is 19.7 Å². The maximum atomic E-state index is 12.8. The van der Waals surface area contributed by atoms with Crippen molar-refractivity contribution in [3.05, 3.63) is 42.4 Å². The molecule has 0 radical (unpaired) electrons. The molecule has 3 amide bonds. The molecule has 3 N–H and O–H groups in total. The molecule has 1 aromatic carbocycles. The first kappa shape index (κ1) is 17.9. The van der Waals surface area contributed by atoms with Crippen molar-refractivity contribution < 1.29 is 19.4 Å². The summed E-state index contributed by atoms with van der Waals surface area (Å²) in [6.45, 7) is 3.94. The lowest BCUT2D eigenvalue weighted by molar-refractivity contribution is -0.124. The van der Waals surface area contributed by atoms with Gasteiger partial charge in [0, 0.05) is 34.8 Å². The average molecular weight is 383 g/mol. The molecular weight excluding hydrogens is 362 g/mol. The van der Waals surface area contributed by atoms with E-state index in [2.05, 4.69) is 15.7 Å². The van der Waals surface area contributed by atoms with Crippen LogP contribution < -0.4 is 15.4 Å². The van der Waals surface area contributed by atoms with Crippen LogP contribution >= 0.6 is 0 Å². The SMILES string of the molecule is COc1ccc2cn(CC3(c4cnn(C(C)C)c4)NC(=O)NC3=O)c(O)c2c1. The Morgan fingerprint density at radius 3 is 2.68 bits per heavy atom. The molecule has 1 aliphatic heterocycles. The lowest BCUT2D eigenvalue weighted by atomic mass is 9.92. The summed E-state index contributed by atoms with van der Waals surface area (Å²) < 4.78 is 8.47. The maximum Gasteiger partial charge on any atom is 0.322 e. The molecule has 1 saturated heterocycles. The molecule has 9 heteroatoms. The van der Waals surface area contributed by atoms with Gasteiger partial charge in [-0.15, -0.1) is 0 Å². The van der Waals surface area contributed by atoms with Gasteiger partial charge in [-0.3, -0.25) is 14.8 Å². The summed E-state index contributed by atoms with van der Waals surface area (Å²) in [5.41, 5.74) is -0.833. The zero-order chi connectivity index (χ0) is 20.1. The van der Waals surface area contributed by atoms with Gasteiger partial charge in [0.2, 0.25) is 0 Å². The Labute approximate surface area is 160 Å². The Kier molecular flexibility index (Phi) is 4.02. The number of urea groups is 1. The zero-order valence-corrected chi connectivity index (χ0v) is 15.8. The van der Waals surface area contributed by atoms with Crippen molar-refractivity contribution in [2.75, 3.05) is 7.11 Å². The van der Waals surface area contributed by atoms with Gasteiger partial charge in [-0.05, 0) is 32.0 Å². The second-order valence-electron chi connectivity index (χ2n) is 7.15. The third-order valence-corrected chi connectivity index (χ3v) is 5.04. The number of carbonyl (C=O) groups excluding carboxylic acids is 2. The van der Waals surface area contributed by atoms with Gasteiger partial charge in [-0.25, -0.2) is 4.79 Å². The smallest absolute Gasteiger partial charge is 0.322 e. The highest BCUT2D eigenvalue weighted by atomic mass is 16.5. The van der Waals surface area contributed by atoms with E-state index in [1.807, 2.05) is 19.9 Å². The number of imide groups is 1. The molecule has 1 aliphatic rings. The van der Waals surface area contributed by atoms with Crippen molar-refractivity contribution in [3.8, 4) is 11.6 Å². The highest BCUT2D eigenvalue weighted by Crippen LogP contribution is 2.34. The van der Waals surface area contributed by atoms with Gasteiger partial charge >= 0.3 is 6.03 Å². The lowest BCUT2D eigenvalue weighted by Crippen LogP contribution is -2.47. The minimum atomic E-state index is -1.37. The van der Waals surface area contributed by atoms with Crippen molar-refractivity contribution >= 4 is 22.7 Å². The first-order chi connectivity index (χ1) is 13.3. The maximum absolute atomic E-state index is 12.8. The highest BCUT2D eigenvalue weighted by molar-refractivity contribution is 6.07. The van der Waals surface area contributed by atoms with Crippen molar-refractivity contribution in [3.63, 3.8) is 0 Å². The Morgan fingerprint density at radius 1 is 1.29 bits per heavy atom. The normalized spacial score (nSPS) is 19.3. The third kappa shape index (κ3) is 2.67. The summed E-state index contributed by atoms with van der Waals surface area (Å²) in [6, 6.07) is 4.85. The van der Waals surface area contributed by atoms with Gasteiger partial charge in [0.1, 0.15) is 5.75 Å². The molecular formula is C19H21N5O4. The standard InChI is InChI=1S/C19H21N5O4/c1-11(2)24-9-13(7-20-24)19(17(26)21-18(27)22-19)10-23-8-12-4-5-14(28-3)6-15(12)16(23)25/h4-9,11,25H,10H2,1-3H3,(H2,21,22,26,27). The number of methoxy groups -OCH3 is 1. The summed E-state index contributed by atoms with van der Waals surface area (Å²) in [5.74, 6) is 0.106. The molecule has 9 nitrogen and oxygen atoms in total. The Balaban J connectivity index is 1.81. The first-order valence-electron chi connectivity index (χ1n) is 8.88. The topological polar surface area (TPSA) is 110 Å². The van der Waals surface area contributed by atoms with Crippen molar-refractivity contribution in [1.29, 1.82) is 0 Å². The summed E-state index contributed by atoms with van der Waals surface area (Å²) in [7, 11) is 1.55. The molecule has 1 unspecified atom stereocenters. The molecule has 4 rings (SSSR count). The average Bonchev–Trinajstić information content (AvgIpc) is 3.33. The number of hydrogen-bond donors (Lipinski definition) is 3. The van der Waals surface area contributed by atoms with E-state index in [1.54, 1.807) is 47.1 Å². The van der Waals surface area contributed by atoms with Gasteiger partial charge in [0.15, 0.2) is 11.4 Å². The van der Waals surface area contributed by atoms with Crippen LogP contribution in [-0.2, 0) is 16.9 Å². The van der Waals surface area contributed by atoms with Gasteiger partial charge in [0.25, 0.3) is 5.91 Å². The van der Waals surface area contributed by atoms with E-state index in [1.165, 1.54) is 0 Å².